The van der Waals surface area contributed by atoms with Crippen LogP contribution in [0.3, 0.4) is 0 Å². The van der Waals surface area contributed by atoms with Crippen LogP contribution in [-0.2, 0) is 19.5 Å². The molecule has 0 saturated heterocycles. The zero-order valence-corrected chi connectivity index (χ0v) is 18.1. The fourth-order valence-electron chi connectivity index (χ4n) is 3.94. The molecule has 0 radical (unpaired) electrons. The number of hydrogen-bond donors (Lipinski definition) is 0. The molecule has 3 rings (SSSR count). The lowest BCUT2D eigenvalue weighted by Crippen LogP contribution is -2.27. The molecule has 1 aromatic rings. The van der Waals surface area contributed by atoms with E-state index in [9.17, 15) is 18.0 Å². The maximum atomic E-state index is 13.4. The van der Waals surface area contributed by atoms with Crippen LogP contribution in [-0.4, -0.2) is 44.8 Å². The second-order valence-electron chi connectivity index (χ2n) is 6.97. The molecule has 2 aliphatic rings. The molecular weight excluding hydrogens is 398 g/mol. The van der Waals surface area contributed by atoms with Gasteiger partial charge in [-0.05, 0) is 55.0 Å². The average Bonchev–Trinajstić information content (AvgIpc) is 2.65. The number of carbonyl (C=O) groups is 2. The monoisotopic (exact) mass is 421 g/mol. The van der Waals surface area contributed by atoms with Gasteiger partial charge in [0.15, 0.2) is 21.4 Å². The van der Waals surface area contributed by atoms with Crippen molar-refractivity contribution in [3.63, 3.8) is 0 Å². The van der Waals surface area contributed by atoms with Crippen LogP contribution >= 0.6 is 11.8 Å². The van der Waals surface area contributed by atoms with Crippen LogP contribution in [0, 0.1) is 13.8 Å². The van der Waals surface area contributed by atoms with Crippen molar-refractivity contribution in [3.05, 3.63) is 38.8 Å². The highest BCUT2D eigenvalue weighted by Gasteiger charge is 2.35. The van der Waals surface area contributed by atoms with Gasteiger partial charge in [0.2, 0.25) is 0 Å². The number of ketones is 2. The normalized spacial score (nSPS) is 20.3. The van der Waals surface area contributed by atoms with Gasteiger partial charge >= 0.3 is 0 Å². The predicted octanol–water partition coefficient (Wildman–Crippen LogP) is 3.38. The smallest absolute Gasteiger partial charge is 0.197 e. The number of benzene rings is 1. The Kier molecular flexibility index (Phi) is 5.82. The molecule has 0 bridgehead atoms. The topological polar surface area (TPSA) is 89.9 Å². The van der Waals surface area contributed by atoms with Crippen molar-refractivity contribution >= 4 is 38.9 Å². The summed E-state index contributed by atoms with van der Waals surface area (Å²) in [5, 5.41) is 4.01. The maximum absolute atomic E-state index is 13.4. The third-order valence-electron chi connectivity index (χ3n) is 5.22. The quantitative estimate of drug-likeness (QED) is 0.421. The Morgan fingerprint density at radius 1 is 1.21 bits per heavy atom. The van der Waals surface area contributed by atoms with E-state index in [4.69, 9.17) is 4.84 Å². The number of sulfone groups is 1. The zero-order chi connectivity index (χ0) is 20.6. The number of rotatable bonds is 4. The predicted molar refractivity (Wildman–Crippen MR) is 110 cm³/mol. The van der Waals surface area contributed by atoms with Crippen molar-refractivity contribution < 1.29 is 22.8 Å². The number of allylic oxidation sites excluding steroid dienone is 2. The molecule has 0 fully saturated rings. The van der Waals surface area contributed by atoms with Gasteiger partial charge in [-0.25, -0.2) is 8.42 Å². The highest BCUT2D eigenvalue weighted by Crippen LogP contribution is 2.36. The molecule has 150 valence electrons. The number of oxime groups is 1. The number of aryl methyl sites for hydroxylation is 1. The fraction of sp³-hybridized carbons (Fsp3) is 0.450. The van der Waals surface area contributed by atoms with Crippen LogP contribution in [0.25, 0.3) is 0 Å². The average molecular weight is 422 g/mol. The molecule has 0 amide bonds. The standard InChI is InChI=1S/C20H23NO5S2/c1-11-10-13(19(23)18-15(22)6-5-7-16(18)27-4)12(2)17-14(21-26-3)8-9-28(24,25)20(11)17/h10H,5-9H2,1-4H3/b21-14+. The van der Waals surface area contributed by atoms with Gasteiger partial charge < -0.3 is 4.84 Å². The summed E-state index contributed by atoms with van der Waals surface area (Å²) >= 11 is 1.43. The largest absolute Gasteiger partial charge is 0.399 e. The first-order valence-corrected chi connectivity index (χ1v) is 11.9. The molecule has 1 aliphatic carbocycles. The van der Waals surface area contributed by atoms with Gasteiger partial charge in [-0.1, -0.05) is 5.16 Å². The Balaban J connectivity index is 2.28. The summed E-state index contributed by atoms with van der Waals surface area (Å²) in [6.45, 7) is 3.39. The van der Waals surface area contributed by atoms with Crippen molar-refractivity contribution in [1.29, 1.82) is 0 Å². The summed E-state index contributed by atoms with van der Waals surface area (Å²) in [5.41, 5.74) is 2.56. The molecule has 1 aliphatic heterocycles. The van der Waals surface area contributed by atoms with Crippen LogP contribution in [0.1, 0.15) is 52.7 Å². The first-order valence-electron chi connectivity index (χ1n) is 9.05. The van der Waals surface area contributed by atoms with Gasteiger partial charge in [-0.2, -0.15) is 0 Å². The van der Waals surface area contributed by atoms with E-state index in [0.29, 0.717) is 40.8 Å². The maximum Gasteiger partial charge on any atom is 0.197 e. The molecule has 8 heteroatoms. The molecule has 6 nitrogen and oxygen atoms in total. The Morgan fingerprint density at radius 2 is 1.93 bits per heavy atom. The number of thioether (sulfide) groups is 1. The first-order chi connectivity index (χ1) is 13.2. The minimum Gasteiger partial charge on any atom is -0.399 e. The van der Waals surface area contributed by atoms with Crippen LogP contribution in [0.15, 0.2) is 26.6 Å². The lowest BCUT2D eigenvalue weighted by molar-refractivity contribution is -0.115. The molecule has 0 aromatic heterocycles. The second kappa shape index (κ2) is 7.83. The van der Waals surface area contributed by atoms with Gasteiger partial charge in [0, 0.05) is 24.0 Å². The minimum atomic E-state index is -3.47. The van der Waals surface area contributed by atoms with Crippen LogP contribution < -0.4 is 0 Å². The van der Waals surface area contributed by atoms with Crippen molar-refractivity contribution in [3.8, 4) is 0 Å². The van der Waals surface area contributed by atoms with Crippen LogP contribution in [0.4, 0.5) is 0 Å². The summed E-state index contributed by atoms with van der Waals surface area (Å²) in [7, 11) is -2.06. The molecule has 0 unspecified atom stereocenters. The number of Topliss-reactive ketones (excluding diaryl/α,β-unsaturated/α-hetero) is 2. The third kappa shape index (κ3) is 3.43. The third-order valence-corrected chi connectivity index (χ3v) is 8.01. The fourth-order valence-corrected chi connectivity index (χ4v) is 6.50. The van der Waals surface area contributed by atoms with Crippen LogP contribution in [0.5, 0.6) is 0 Å². The lowest BCUT2D eigenvalue weighted by Gasteiger charge is -2.24. The number of hydrogen-bond acceptors (Lipinski definition) is 7. The van der Waals surface area contributed by atoms with E-state index in [2.05, 4.69) is 5.16 Å². The molecule has 1 aromatic carbocycles. The van der Waals surface area contributed by atoms with E-state index in [1.54, 1.807) is 19.9 Å². The van der Waals surface area contributed by atoms with Gasteiger partial charge in [-0.3, -0.25) is 9.59 Å². The Hall–Kier alpha value is -1.93. The van der Waals surface area contributed by atoms with Crippen molar-refractivity contribution in [2.45, 2.75) is 44.4 Å². The number of nitrogens with zero attached hydrogens (tertiary/aromatic N) is 1. The summed E-state index contributed by atoms with van der Waals surface area (Å²) in [6.07, 6.45) is 3.90. The first kappa shape index (κ1) is 20.8. The highest BCUT2D eigenvalue weighted by molar-refractivity contribution is 8.02. The molecule has 28 heavy (non-hydrogen) atoms. The van der Waals surface area contributed by atoms with E-state index >= 15 is 0 Å². The summed E-state index contributed by atoms with van der Waals surface area (Å²) < 4.78 is 25.4. The molecule has 0 saturated carbocycles. The highest BCUT2D eigenvalue weighted by atomic mass is 32.2. The van der Waals surface area contributed by atoms with Gasteiger partial charge in [0.25, 0.3) is 0 Å². The van der Waals surface area contributed by atoms with Gasteiger partial charge in [0.1, 0.15) is 7.11 Å². The summed E-state index contributed by atoms with van der Waals surface area (Å²) in [5.74, 6) is -0.526. The van der Waals surface area contributed by atoms with E-state index < -0.39 is 9.84 Å². The van der Waals surface area contributed by atoms with Gasteiger partial charge in [-0.15, -0.1) is 11.8 Å². The minimum absolute atomic E-state index is 0.0456. The number of fused-ring (bicyclic) bond motifs is 1. The Labute approximate surface area is 169 Å². The van der Waals surface area contributed by atoms with Gasteiger partial charge in [0.05, 0.1) is 21.9 Å². The zero-order valence-electron chi connectivity index (χ0n) is 16.4. The van der Waals surface area contributed by atoms with Crippen molar-refractivity contribution in [2.75, 3.05) is 19.1 Å². The number of carbonyl (C=O) groups excluding carboxylic acids is 2. The molecule has 0 atom stereocenters. The lowest BCUT2D eigenvalue weighted by atomic mass is 9.86. The van der Waals surface area contributed by atoms with E-state index in [1.807, 2.05) is 6.26 Å². The van der Waals surface area contributed by atoms with E-state index in [0.717, 1.165) is 11.3 Å². The van der Waals surface area contributed by atoms with Crippen molar-refractivity contribution in [1.82, 2.24) is 0 Å². The Bertz CT molecular complexity index is 1040. The molecule has 0 spiro atoms. The molecule has 0 N–H and O–H groups in total. The molecule has 1 heterocycles. The summed E-state index contributed by atoms with van der Waals surface area (Å²) in [4.78, 5) is 31.8. The Morgan fingerprint density at radius 3 is 2.57 bits per heavy atom. The van der Waals surface area contributed by atoms with E-state index in [1.165, 1.54) is 18.9 Å². The molecular formula is C20H23NO5S2. The summed E-state index contributed by atoms with van der Waals surface area (Å²) in [6, 6.07) is 1.59. The SMILES string of the molecule is CO/N=C1\CCS(=O)(=O)c2c(C)cc(C(=O)C3=C(SC)CCCC3=O)c(C)c21. The van der Waals surface area contributed by atoms with E-state index in [-0.39, 0.29) is 34.2 Å². The van der Waals surface area contributed by atoms with Crippen LogP contribution in [0.2, 0.25) is 0 Å². The van der Waals surface area contributed by atoms with Crippen molar-refractivity contribution in [2.24, 2.45) is 5.16 Å². The second-order valence-corrected chi connectivity index (χ2v) is 9.91.